The van der Waals surface area contributed by atoms with Gasteiger partial charge in [0.2, 0.25) is 0 Å². The molecule has 0 aliphatic carbocycles. The van der Waals surface area contributed by atoms with E-state index >= 15 is 0 Å². The Morgan fingerprint density at radius 2 is 1.63 bits per heavy atom. The molecule has 1 aromatic heterocycles. The Hall–Kier alpha value is -4.78. The maximum Gasteiger partial charge on any atom is 0.322 e. The minimum Gasteiger partial charge on any atom is -0.314 e. The van der Waals surface area contributed by atoms with Gasteiger partial charge in [0.15, 0.2) is 0 Å². The van der Waals surface area contributed by atoms with Crippen LogP contribution >= 0.6 is 0 Å². The van der Waals surface area contributed by atoms with Crippen LogP contribution in [-0.2, 0) is 6.42 Å². The molecular formula is C34H33FN4O2. The van der Waals surface area contributed by atoms with Crippen molar-refractivity contribution in [1.82, 2.24) is 14.5 Å². The van der Waals surface area contributed by atoms with Gasteiger partial charge in [0, 0.05) is 6.54 Å². The lowest BCUT2D eigenvalue weighted by Crippen LogP contribution is -2.42. The number of hydrogen-bond donors (Lipinski definition) is 1. The van der Waals surface area contributed by atoms with Crippen molar-refractivity contribution in [3.8, 4) is 5.69 Å². The third kappa shape index (κ3) is 5.89. The van der Waals surface area contributed by atoms with Gasteiger partial charge in [-0.15, -0.1) is 0 Å². The third-order valence-corrected chi connectivity index (χ3v) is 7.47. The zero-order chi connectivity index (χ0) is 28.9. The molecule has 0 aliphatic heterocycles. The van der Waals surface area contributed by atoms with Crippen LogP contribution in [0.5, 0.6) is 0 Å². The summed E-state index contributed by atoms with van der Waals surface area (Å²) in [5, 5.41) is 3.25. The number of hydrogen-bond acceptors (Lipinski definition) is 3. The number of para-hydroxylation sites is 2. The highest BCUT2D eigenvalue weighted by Crippen LogP contribution is 2.28. The molecule has 7 heteroatoms. The number of benzene rings is 4. The van der Waals surface area contributed by atoms with E-state index in [1.165, 1.54) is 12.1 Å². The van der Waals surface area contributed by atoms with Crippen LogP contribution in [0.3, 0.4) is 0 Å². The molecule has 5 aromatic rings. The first kappa shape index (κ1) is 27.8. The van der Waals surface area contributed by atoms with Crippen molar-refractivity contribution < 1.29 is 9.18 Å². The molecule has 1 heterocycles. The molecule has 0 spiro atoms. The van der Waals surface area contributed by atoms with Crippen molar-refractivity contribution in [2.45, 2.75) is 39.7 Å². The Labute approximate surface area is 239 Å². The predicted molar refractivity (Wildman–Crippen MR) is 162 cm³/mol. The van der Waals surface area contributed by atoms with Crippen molar-refractivity contribution >= 4 is 22.6 Å². The van der Waals surface area contributed by atoms with E-state index < -0.39 is 17.9 Å². The Morgan fingerprint density at radius 3 is 2.37 bits per heavy atom. The monoisotopic (exact) mass is 548 g/mol. The van der Waals surface area contributed by atoms with Crippen molar-refractivity contribution in [1.29, 1.82) is 0 Å². The van der Waals surface area contributed by atoms with E-state index in [9.17, 15) is 14.0 Å². The number of anilines is 1. The highest BCUT2D eigenvalue weighted by atomic mass is 19.1. The first-order valence-electron chi connectivity index (χ1n) is 13.8. The van der Waals surface area contributed by atoms with E-state index in [1.54, 1.807) is 27.7 Å². The third-order valence-electron chi connectivity index (χ3n) is 7.47. The molecule has 208 valence electrons. The summed E-state index contributed by atoms with van der Waals surface area (Å²) in [4.78, 5) is 34.6. The Bertz CT molecular complexity index is 1750. The first-order chi connectivity index (χ1) is 19.9. The van der Waals surface area contributed by atoms with Crippen molar-refractivity contribution in [2.75, 3.05) is 11.9 Å². The quantitative estimate of drug-likeness (QED) is 0.220. The van der Waals surface area contributed by atoms with Crippen LogP contribution < -0.4 is 10.9 Å². The van der Waals surface area contributed by atoms with Crippen LogP contribution in [0.1, 0.15) is 41.9 Å². The van der Waals surface area contributed by atoms with Crippen LogP contribution in [0.15, 0.2) is 102 Å². The lowest BCUT2D eigenvalue weighted by molar-refractivity contribution is 0.182. The van der Waals surface area contributed by atoms with Gasteiger partial charge < -0.3 is 10.2 Å². The zero-order valence-corrected chi connectivity index (χ0v) is 23.5. The van der Waals surface area contributed by atoms with Crippen LogP contribution in [0.25, 0.3) is 16.6 Å². The van der Waals surface area contributed by atoms with Crippen molar-refractivity contribution in [2.24, 2.45) is 0 Å². The smallest absolute Gasteiger partial charge is 0.314 e. The summed E-state index contributed by atoms with van der Waals surface area (Å²) < 4.78 is 16.2. The largest absolute Gasteiger partial charge is 0.322 e. The second kappa shape index (κ2) is 12.2. The standard InChI is InChI=1S/C34H33FN4O2/c1-4-31(38(21-20-25-12-6-5-7-13-25)34(41)37-30-17-11-9-15-28(30)35)32-36-29-16-10-8-14-27(29)33(40)39(32)26-19-18-23(2)24(3)22-26/h5-19,22,31H,4,20-21H2,1-3H3,(H,37,41). The minimum absolute atomic E-state index is 0.0927. The van der Waals surface area contributed by atoms with Gasteiger partial charge in [0.05, 0.1) is 28.3 Å². The summed E-state index contributed by atoms with van der Waals surface area (Å²) in [5.41, 5.74) is 4.34. The number of nitrogens with one attached hydrogen (secondary N) is 1. The first-order valence-corrected chi connectivity index (χ1v) is 13.8. The molecular weight excluding hydrogens is 515 g/mol. The molecule has 5 rings (SSSR count). The van der Waals surface area contributed by atoms with E-state index in [2.05, 4.69) is 5.32 Å². The van der Waals surface area contributed by atoms with Crippen LogP contribution in [0, 0.1) is 19.7 Å². The summed E-state index contributed by atoms with van der Waals surface area (Å²) in [6.45, 7) is 6.32. The second-order valence-electron chi connectivity index (χ2n) is 10.2. The van der Waals surface area contributed by atoms with Crippen LogP contribution in [-0.4, -0.2) is 27.0 Å². The maximum absolute atomic E-state index is 14.6. The molecule has 4 aromatic carbocycles. The van der Waals surface area contributed by atoms with Gasteiger partial charge in [0.25, 0.3) is 5.56 Å². The Morgan fingerprint density at radius 1 is 0.927 bits per heavy atom. The lowest BCUT2D eigenvalue weighted by Gasteiger charge is -2.32. The van der Waals surface area contributed by atoms with Crippen LogP contribution in [0.4, 0.5) is 14.9 Å². The topological polar surface area (TPSA) is 67.2 Å². The van der Waals surface area contributed by atoms with Gasteiger partial charge in [-0.05, 0) is 79.8 Å². The predicted octanol–water partition coefficient (Wildman–Crippen LogP) is 7.37. The minimum atomic E-state index is -0.579. The van der Waals surface area contributed by atoms with E-state index in [-0.39, 0.29) is 11.2 Å². The van der Waals surface area contributed by atoms with Gasteiger partial charge >= 0.3 is 6.03 Å². The summed E-state index contributed by atoms with van der Waals surface area (Å²) in [6.07, 6.45) is 1.05. The number of urea groups is 1. The normalized spacial score (nSPS) is 11.8. The van der Waals surface area contributed by atoms with Crippen molar-refractivity contribution in [3.05, 3.63) is 136 Å². The number of nitrogens with zero attached hydrogens (tertiary/aromatic N) is 3. The molecule has 1 unspecified atom stereocenters. The maximum atomic E-state index is 14.6. The van der Waals surface area contributed by atoms with E-state index in [1.807, 2.05) is 87.5 Å². The molecule has 0 fully saturated rings. The lowest BCUT2D eigenvalue weighted by atomic mass is 10.1. The average molecular weight is 549 g/mol. The number of halogens is 1. The fourth-order valence-electron chi connectivity index (χ4n) is 5.07. The van der Waals surface area contributed by atoms with Crippen molar-refractivity contribution in [3.63, 3.8) is 0 Å². The molecule has 1 N–H and O–H groups in total. The van der Waals surface area contributed by atoms with E-state index in [4.69, 9.17) is 4.98 Å². The molecule has 0 bridgehead atoms. The van der Waals surface area contributed by atoms with Gasteiger partial charge in [-0.3, -0.25) is 9.36 Å². The summed E-state index contributed by atoms with van der Waals surface area (Å²) in [7, 11) is 0. The van der Waals surface area contributed by atoms with E-state index in [0.29, 0.717) is 41.8 Å². The highest BCUT2D eigenvalue weighted by molar-refractivity contribution is 5.90. The molecule has 2 amide bonds. The summed E-state index contributed by atoms with van der Waals surface area (Å²) >= 11 is 0. The fraction of sp³-hybridized carbons (Fsp3) is 0.206. The van der Waals surface area contributed by atoms with Gasteiger partial charge in [0.1, 0.15) is 11.6 Å². The molecule has 0 saturated heterocycles. The molecule has 41 heavy (non-hydrogen) atoms. The molecule has 1 atom stereocenters. The highest BCUT2D eigenvalue weighted by Gasteiger charge is 2.29. The molecule has 0 aliphatic rings. The number of rotatable bonds is 8. The second-order valence-corrected chi connectivity index (χ2v) is 10.2. The van der Waals surface area contributed by atoms with Crippen LogP contribution in [0.2, 0.25) is 0 Å². The Kier molecular flexibility index (Phi) is 8.24. The molecule has 0 saturated carbocycles. The number of amides is 2. The summed E-state index contributed by atoms with van der Waals surface area (Å²) in [5.74, 6) is -0.0658. The SMILES string of the molecule is CCC(c1nc2ccccc2c(=O)n1-c1ccc(C)c(C)c1)N(CCc1ccccc1)C(=O)Nc1ccccc1F. The average Bonchev–Trinajstić information content (AvgIpc) is 2.98. The Balaban J connectivity index is 1.66. The number of aryl methyl sites for hydroxylation is 2. The number of fused-ring (bicyclic) bond motifs is 1. The van der Waals surface area contributed by atoms with E-state index in [0.717, 1.165) is 16.7 Å². The van der Waals surface area contributed by atoms with Gasteiger partial charge in [-0.25, -0.2) is 14.2 Å². The molecule has 0 radical (unpaired) electrons. The fourth-order valence-corrected chi connectivity index (χ4v) is 5.07. The number of carbonyl (C=O) groups is 1. The van der Waals surface area contributed by atoms with Gasteiger partial charge in [-0.2, -0.15) is 0 Å². The molecule has 6 nitrogen and oxygen atoms in total. The summed E-state index contributed by atoms with van der Waals surface area (Å²) in [6, 6.07) is 28.0. The number of aromatic nitrogens is 2. The zero-order valence-electron chi connectivity index (χ0n) is 23.5. The van der Waals surface area contributed by atoms with Gasteiger partial charge in [-0.1, -0.05) is 67.6 Å². The number of carbonyl (C=O) groups excluding carboxylic acids is 1.